The summed E-state index contributed by atoms with van der Waals surface area (Å²) in [6.07, 6.45) is 6.13. The number of nitrogens with one attached hydrogen (secondary N) is 1. The Balaban J connectivity index is 2.44. The van der Waals surface area contributed by atoms with Gasteiger partial charge in [0.2, 0.25) is 11.8 Å². The van der Waals surface area contributed by atoms with Crippen LogP contribution in [0.2, 0.25) is 0 Å². The van der Waals surface area contributed by atoms with Crippen LogP contribution in [0.15, 0.2) is 12.2 Å². The van der Waals surface area contributed by atoms with Gasteiger partial charge in [0.05, 0.1) is 31.1 Å². The van der Waals surface area contributed by atoms with Gasteiger partial charge >= 0.3 is 5.97 Å². The van der Waals surface area contributed by atoms with E-state index in [0.29, 0.717) is 6.42 Å². The minimum atomic E-state index is -0.732. The van der Waals surface area contributed by atoms with Crippen LogP contribution in [0.3, 0.4) is 0 Å². The average Bonchev–Trinajstić information content (AvgIpc) is 2.96. The summed E-state index contributed by atoms with van der Waals surface area (Å²) in [5.74, 6) is -2.70. The highest BCUT2D eigenvalue weighted by Crippen LogP contribution is 2.45. The molecule has 0 aromatic rings. The van der Waals surface area contributed by atoms with Crippen molar-refractivity contribution >= 4 is 17.8 Å². The standard InChI is InChI=1S/C22H36N2O5/c1-6-9-14(5)23-20(26)19-16-11-10-13(4)17(22(28)29-8-3)18(16)21(27)24(19)15(7-2)12-25/h10-11,13-19,25H,6-9,12H2,1-5H3,(H,23,26)/t13-,14?,15+,16+,17-,18+,19+/m1/s1. The number of aliphatic hydroxyl groups is 1. The van der Waals surface area contributed by atoms with E-state index >= 15 is 0 Å². The van der Waals surface area contributed by atoms with Gasteiger partial charge in [0.25, 0.3) is 0 Å². The van der Waals surface area contributed by atoms with Gasteiger partial charge < -0.3 is 20.1 Å². The third-order valence-corrected chi connectivity index (χ3v) is 6.22. The van der Waals surface area contributed by atoms with Crippen molar-refractivity contribution in [2.24, 2.45) is 23.7 Å². The zero-order valence-electron chi connectivity index (χ0n) is 18.3. The molecule has 0 spiro atoms. The molecule has 0 aromatic heterocycles. The Hall–Kier alpha value is -1.89. The Morgan fingerprint density at radius 1 is 1.28 bits per heavy atom. The molecule has 29 heavy (non-hydrogen) atoms. The lowest BCUT2D eigenvalue weighted by Gasteiger charge is -2.33. The smallest absolute Gasteiger partial charge is 0.310 e. The van der Waals surface area contributed by atoms with Crippen molar-refractivity contribution in [1.29, 1.82) is 0 Å². The molecular weight excluding hydrogens is 372 g/mol. The molecule has 1 unspecified atom stereocenters. The van der Waals surface area contributed by atoms with E-state index in [2.05, 4.69) is 12.2 Å². The van der Waals surface area contributed by atoms with Gasteiger partial charge in [-0.05, 0) is 32.6 Å². The van der Waals surface area contributed by atoms with Crippen LogP contribution in [0.1, 0.15) is 53.9 Å². The van der Waals surface area contributed by atoms with Crippen LogP contribution in [0.4, 0.5) is 0 Å². The first-order chi connectivity index (χ1) is 13.8. The summed E-state index contributed by atoms with van der Waals surface area (Å²) in [4.78, 5) is 40.9. The molecule has 0 aromatic carbocycles. The van der Waals surface area contributed by atoms with Crippen LogP contribution in [-0.2, 0) is 19.1 Å². The highest BCUT2D eigenvalue weighted by atomic mass is 16.5. The Bertz CT molecular complexity index is 631. The molecule has 1 aliphatic carbocycles. The third-order valence-electron chi connectivity index (χ3n) is 6.22. The molecule has 2 amide bonds. The van der Waals surface area contributed by atoms with E-state index in [1.807, 2.05) is 32.9 Å². The number of likely N-dealkylation sites (tertiary alicyclic amines) is 1. The summed E-state index contributed by atoms with van der Waals surface area (Å²) in [6.45, 7) is 9.54. The molecule has 1 fully saturated rings. The van der Waals surface area contributed by atoms with E-state index in [-0.39, 0.29) is 37.0 Å². The number of ether oxygens (including phenoxy) is 1. The Morgan fingerprint density at radius 3 is 2.52 bits per heavy atom. The van der Waals surface area contributed by atoms with Gasteiger partial charge in [0, 0.05) is 12.0 Å². The zero-order chi connectivity index (χ0) is 21.7. The number of amides is 2. The number of aliphatic hydroxyl groups excluding tert-OH is 1. The Labute approximate surface area is 173 Å². The van der Waals surface area contributed by atoms with E-state index < -0.39 is 35.8 Å². The van der Waals surface area contributed by atoms with Crippen molar-refractivity contribution in [3.8, 4) is 0 Å². The maximum Gasteiger partial charge on any atom is 0.310 e. The molecule has 7 heteroatoms. The molecule has 0 saturated carbocycles. The second kappa shape index (κ2) is 10.2. The second-order valence-electron chi connectivity index (χ2n) is 8.26. The first-order valence-corrected chi connectivity index (χ1v) is 10.9. The number of rotatable bonds is 9. The van der Waals surface area contributed by atoms with Crippen LogP contribution < -0.4 is 5.32 Å². The minimum Gasteiger partial charge on any atom is -0.466 e. The number of hydrogen-bond acceptors (Lipinski definition) is 5. The van der Waals surface area contributed by atoms with Crippen molar-refractivity contribution in [1.82, 2.24) is 10.2 Å². The van der Waals surface area contributed by atoms with Crippen molar-refractivity contribution < 1.29 is 24.2 Å². The number of fused-ring (bicyclic) bond motifs is 1. The summed E-state index contributed by atoms with van der Waals surface area (Å²) < 4.78 is 5.26. The number of nitrogens with zero attached hydrogens (tertiary/aromatic N) is 1. The third kappa shape index (κ3) is 4.65. The lowest BCUT2D eigenvalue weighted by molar-refractivity contribution is -0.155. The van der Waals surface area contributed by atoms with E-state index in [0.717, 1.165) is 12.8 Å². The number of hydrogen-bond donors (Lipinski definition) is 2. The SMILES string of the molecule is CCCC(C)NC(=O)[C@@H]1[C@H]2C=C[C@@H](C)[C@@H](C(=O)OCC)[C@H]2C(=O)N1[C@@H](CC)CO. The summed E-state index contributed by atoms with van der Waals surface area (Å²) >= 11 is 0. The molecular formula is C22H36N2O5. The quantitative estimate of drug-likeness (QED) is 0.449. The van der Waals surface area contributed by atoms with Crippen molar-refractivity contribution in [3.05, 3.63) is 12.2 Å². The van der Waals surface area contributed by atoms with Gasteiger partial charge in [0.1, 0.15) is 6.04 Å². The van der Waals surface area contributed by atoms with Crippen LogP contribution in [0.5, 0.6) is 0 Å². The normalized spacial score (nSPS) is 30.6. The summed E-state index contributed by atoms with van der Waals surface area (Å²) in [6, 6.07) is -1.20. The number of allylic oxidation sites excluding steroid dienone is 1. The second-order valence-corrected chi connectivity index (χ2v) is 8.26. The molecule has 2 aliphatic rings. The molecule has 2 N–H and O–H groups in total. The van der Waals surface area contributed by atoms with Crippen LogP contribution in [-0.4, -0.2) is 59.1 Å². The first kappa shape index (κ1) is 23.4. The van der Waals surface area contributed by atoms with Crippen LogP contribution >= 0.6 is 0 Å². The van der Waals surface area contributed by atoms with Gasteiger partial charge in [-0.25, -0.2) is 0 Å². The van der Waals surface area contributed by atoms with Crippen LogP contribution in [0.25, 0.3) is 0 Å². The van der Waals surface area contributed by atoms with E-state index in [9.17, 15) is 19.5 Å². The molecule has 0 radical (unpaired) electrons. The van der Waals surface area contributed by atoms with Gasteiger partial charge in [-0.3, -0.25) is 14.4 Å². The van der Waals surface area contributed by atoms with E-state index in [1.54, 1.807) is 6.92 Å². The predicted octanol–water partition coefficient (Wildman–Crippen LogP) is 1.89. The highest BCUT2D eigenvalue weighted by Gasteiger charge is 2.58. The van der Waals surface area contributed by atoms with Crippen molar-refractivity contribution in [2.45, 2.75) is 72.0 Å². The van der Waals surface area contributed by atoms with Gasteiger partial charge in [-0.1, -0.05) is 39.3 Å². The Kier molecular flexibility index (Phi) is 8.25. The minimum absolute atomic E-state index is 0.00921. The Morgan fingerprint density at radius 2 is 1.97 bits per heavy atom. The van der Waals surface area contributed by atoms with Gasteiger partial charge in [-0.15, -0.1) is 0 Å². The number of carbonyl (C=O) groups is 3. The van der Waals surface area contributed by atoms with E-state index in [1.165, 1.54) is 4.90 Å². The monoisotopic (exact) mass is 408 g/mol. The summed E-state index contributed by atoms with van der Waals surface area (Å²) in [5, 5.41) is 12.9. The maximum absolute atomic E-state index is 13.5. The molecule has 0 bridgehead atoms. The molecule has 164 valence electrons. The zero-order valence-corrected chi connectivity index (χ0v) is 18.3. The summed E-state index contributed by atoms with van der Waals surface area (Å²) in [7, 11) is 0. The number of esters is 1. The molecule has 1 aliphatic heterocycles. The molecule has 7 nitrogen and oxygen atoms in total. The molecule has 1 saturated heterocycles. The fraction of sp³-hybridized carbons (Fsp3) is 0.773. The molecule has 7 atom stereocenters. The maximum atomic E-state index is 13.5. The van der Waals surface area contributed by atoms with Crippen molar-refractivity contribution in [2.75, 3.05) is 13.2 Å². The van der Waals surface area contributed by atoms with Gasteiger partial charge in [0.15, 0.2) is 0 Å². The van der Waals surface area contributed by atoms with E-state index in [4.69, 9.17) is 4.74 Å². The van der Waals surface area contributed by atoms with Gasteiger partial charge in [-0.2, -0.15) is 0 Å². The van der Waals surface area contributed by atoms with Crippen LogP contribution in [0, 0.1) is 23.7 Å². The fourth-order valence-corrected chi connectivity index (χ4v) is 4.78. The van der Waals surface area contributed by atoms with Crippen molar-refractivity contribution in [3.63, 3.8) is 0 Å². The lowest BCUT2D eigenvalue weighted by atomic mass is 9.70. The fourth-order valence-electron chi connectivity index (χ4n) is 4.78. The predicted molar refractivity (Wildman–Crippen MR) is 110 cm³/mol. The highest BCUT2D eigenvalue weighted by molar-refractivity contribution is 5.96. The number of carbonyl (C=O) groups excluding carboxylic acids is 3. The average molecular weight is 409 g/mol. The topological polar surface area (TPSA) is 95.9 Å². The molecule has 2 rings (SSSR count). The lowest BCUT2D eigenvalue weighted by Crippen LogP contribution is -2.53. The summed E-state index contributed by atoms with van der Waals surface area (Å²) in [5.41, 5.74) is 0. The largest absolute Gasteiger partial charge is 0.466 e. The first-order valence-electron chi connectivity index (χ1n) is 10.9. The molecule has 1 heterocycles.